The van der Waals surface area contributed by atoms with Gasteiger partial charge in [0, 0.05) is 21.8 Å². The van der Waals surface area contributed by atoms with E-state index in [4.69, 9.17) is 11.6 Å². The van der Waals surface area contributed by atoms with E-state index >= 15 is 0 Å². The van der Waals surface area contributed by atoms with Crippen molar-refractivity contribution in [1.82, 2.24) is 0 Å². The van der Waals surface area contributed by atoms with Crippen LogP contribution in [0.25, 0.3) is 0 Å². The number of carboxylic acids is 1. The number of rotatable bonds is 2. The van der Waals surface area contributed by atoms with Crippen LogP contribution in [-0.2, 0) is 4.79 Å². The van der Waals surface area contributed by atoms with Crippen molar-refractivity contribution in [3.63, 3.8) is 0 Å². The van der Waals surface area contributed by atoms with E-state index in [1.165, 1.54) is 0 Å². The molecule has 0 bridgehead atoms. The zero-order valence-corrected chi connectivity index (χ0v) is 18.5. The molecule has 2 aromatic carbocycles. The van der Waals surface area contributed by atoms with Crippen molar-refractivity contribution < 1.29 is 79.2 Å². The number of nitrogens with one attached hydrogen (secondary N) is 1. The van der Waals surface area contributed by atoms with Crippen molar-refractivity contribution in [2.75, 3.05) is 5.32 Å². The fraction of sp³-hybridized carbons (Fsp3) is 0.125. The van der Waals surface area contributed by atoms with Gasteiger partial charge < -0.3 is 20.6 Å². The van der Waals surface area contributed by atoms with Gasteiger partial charge in [-0.1, -0.05) is 41.9 Å². The molecule has 0 fully saturated rings. The maximum atomic E-state index is 11.4. The Morgan fingerprint density at radius 3 is 2.36 bits per heavy atom. The number of carbonyl (C=O) groups is 1. The van der Waals surface area contributed by atoms with Crippen LogP contribution >= 0.6 is 11.6 Å². The van der Waals surface area contributed by atoms with Gasteiger partial charge >= 0.3 is 65.1 Å². The van der Waals surface area contributed by atoms with E-state index in [1.54, 1.807) is 42.5 Å². The molecular weight excluding hydrogens is 366 g/mol. The van der Waals surface area contributed by atoms with Crippen molar-refractivity contribution in [3.8, 4) is 0 Å². The first-order chi connectivity index (χ1) is 10.9. The Morgan fingerprint density at radius 2 is 1.76 bits per heavy atom. The zero-order valence-electron chi connectivity index (χ0n) is 13.8. The number of carboxylic acid groups (broad SMARTS) is 1. The number of anilines is 1. The molecule has 2 aromatic rings. The summed E-state index contributed by atoms with van der Waals surface area (Å²) in [7, 11) is 0. The molecule has 9 heteroatoms. The molecule has 1 unspecified atom stereocenters. The minimum Gasteiger partial charge on any atom is -0.479 e. The van der Waals surface area contributed by atoms with Gasteiger partial charge in [-0.05, 0) is 18.2 Å². The van der Waals surface area contributed by atoms with Crippen LogP contribution in [0, 0.1) is 0 Å². The number of halogens is 1. The van der Waals surface area contributed by atoms with Gasteiger partial charge in [-0.2, -0.15) is 0 Å². The van der Waals surface area contributed by atoms with E-state index in [9.17, 15) is 20.1 Å². The maximum Gasteiger partial charge on any atom is 1.00 e. The average Bonchev–Trinajstić information content (AvgIpc) is 2.61. The van der Waals surface area contributed by atoms with Crippen LogP contribution in [0.2, 0.25) is 5.02 Å². The summed E-state index contributed by atoms with van der Waals surface area (Å²) in [5.74, 6) is -4.19. The Kier molecular flexibility index (Phi) is 8.14. The first kappa shape index (κ1) is 22.6. The average molecular weight is 379 g/mol. The van der Waals surface area contributed by atoms with Gasteiger partial charge in [-0.15, -0.1) is 0 Å². The van der Waals surface area contributed by atoms with E-state index in [2.05, 4.69) is 10.3 Å². The number of fused-ring (bicyclic) bond motifs is 1. The maximum absolute atomic E-state index is 11.4. The third-order valence-electron chi connectivity index (χ3n) is 3.48. The first-order valence-electron chi connectivity index (χ1n) is 6.77. The molecule has 1 heterocycles. The summed E-state index contributed by atoms with van der Waals surface area (Å²) in [5, 5.41) is 32.3. The summed E-state index contributed by atoms with van der Waals surface area (Å²) < 4.78 is 0. The molecule has 3 rings (SSSR count). The molecule has 0 radical (unpaired) electrons. The van der Waals surface area contributed by atoms with E-state index in [-0.39, 0.29) is 59.1 Å². The predicted molar refractivity (Wildman–Crippen MR) is 85.7 cm³/mol. The molecule has 0 spiro atoms. The number of aliphatic carboxylic acids is 1. The van der Waals surface area contributed by atoms with Gasteiger partial charge in [0.2, 0.25) is 6.04 Å². The van der Waals surface area contributed by atoms with E-state index < -0.39 is 17.9 Å². The van der Waals surface area contributed by atoms with Crippen LogP contribution in [0.15, 0.2) is 53.5 Å². The van der Waals surface area contributed by atoms with Gasteiger partial charge in [0.05, 0.1) is 5.71 Å². The van der Waals surface area contributed by atoms with Crippen molar-refractivity contribution in [2.24, 2.45) is 4.99 Å². The Hall–Kier alpha value is -0.410. The van der Waals surface area contributed by atoms with E-state index in [0.29, 0.717) is 27.5 Å². The number of aliphatic hydroxyl groups is 2. The number of aliphatic imine (C=N–C) groups is 1. The monoisotopic (exact) mass is 378 g/mol. The van der Waals surface area contributed by atoms with Crippen LogP contribution in [0.5, 0.6) is 0 Å². The normalized spacial score (nSPS) is 17.6. The summed E-state index contributed by atoms with van der Waals surface area (Å²) >= 11 is 6.03. The van der Waals surface area contributed by atoms with Gasteiger partial charge in [-0.25, -0.2) is 4.79 Å². The fourth-order valence-electron chi connectivity index (χ4n) is 2.43. The SMILES string of the molecule is O=C(O)C1N=C(c2ccccc2)c2cc(Cl)ccc2NC1(O)O.[Na+].[Na+]. The number of hydrogen-bond acceptors (Lipinski definition) is 5. The van der Waals surface area contributed by atoms with Crippen molar-refractivity contribution in [3.05, 3.63) is 64.7 Å². The Morgan fingerprint density at radius 1 is 1.12 bits per heavy atom. The van der Waals surface area contributed by atoms with Gasteiger partial charge in [0.25, 0.3) is 5.91 Å². The standard InChI is InChI=1S/C16H13ClN2O4.2Na/c17-10-6-7-12-11(8-10)13(9-4-2-1-3-5-9)18-14(15(20)21)16(22,23)19-12;;/h1-8,14,19,22-23H,(H,20,21);;/q;2*+1. The Labute approximate surface area is 193 Å². The second kappa shape index (κ2) is 8.99. The van der Waals surface area contributed by atoms with Crippen LogP contribution in [0.1, 0.15) is 11.1 Å². The zero-order chi connectivity index (χ0) is 16.6. The number of benzene rings is 2. The molecule has 1 aliphatic heterocycles. The number of benzodiazepines with no additional fused rings is 1. The first-order valence-corrected chi connectivity index (χ1v) is 7.15. The summed E-state index contributed by atoms with van der Waals surface area (Å²) in [6.45, 7) is 0. The minimum absolute atomic E-state index is 0. The molecule has 0 aliphatic carbocycles. The second-order valence-electron chi connectivity index (χ2n) is 5.13. The van der Waals surface area contributed by atoms with Crippen LogP contribution in [0.4, 0.5) is 5.69 Å². The van der Waals surface area contributed by atoms with Gasteiger partial charge in [-0.3, -0.25) is 4.99 Å². The van der Waals surface area contributed by atoms with Gasteiger partial charge in [0.1, 0.15) is 0 Å². The Balaban J connectivity index is 0.00000156. The molecule has 1 atom stereocenters. The smallest absolute Gasteiger partial charge is 0.479 e. The molecule has 0 aromatic heterocycles. The quantitative estimate of drug-likeness (QED) is 0.313. The van der Waals surface area contributed by atoms with Crippen molar-refractivity contribution >= 4 is 29.0 Å². The van der Waals surface area contributed by atoms with E-state index in [0.717, 1.165) is 0 Å². The third-order valence-corrected chi connectivity index (χ3v) is 3.71. The number of nitrogens with zero attached hydrogens (tertiary/aromatic N) is 1. The molecule has 6 nitrogen and oxygen atoms in total. The topological polar surface area (TPSA) is 102 Å². The van der Waals surface area contributed by atoms with Crippen molar-refractivity contribution in [2.45, 2.75) is 12.0 Å². The summed E-state index contributed by atoms with van der Waals surface area (Å²) in [6, 6.07) is 11.8. The summed E-state index contributed by atoms with van der Waals surface area (Å²) in [4.78, 5) is 15.5. The largest absolute Gasteiger partial charge is 1.00 e. The fourth-order valence-corrected chi connectivity index (χ4v) is 2.60. The Bertz CT molecular complexity index is 800. The molecule has 0 saturated heterocycles. The molecule has 0 saturated carbocycles. The predicted octanol–water partition coefficient (Wildman–Crippen LogP) is -4.30. The van der Waals surface area contributed by atoms with Crippen LogP contribution < -0.4 is 64.4 Å². The molecule has 4 N–H and O–H groups in total. The summed E-state index contributed by atoms with van der Waals surface area (Å²) in [6.07, 6.45) is 0. The molecular formula is C16H13ClN2Na2O4+2. The summed E-state index contributed by atoms with van der Waals surface area (Å²) in [5.41, 5.74) is 1.76. The number of hydrogen-bond donors (Lipinski definition) is 4. The van der Waals surface area contributed by atoms with E-state index in [1.807, 2.05) is 6.07 Å². The molecule has 0 amide bonds. The molecule has 118 valence electrons. The van der Waals surface area contributed by atoms with Crippen LogP contribution in [0.3, 0.4) is 0 Å². The van der Waals surface area contributed by atoms with Gasteiger partial charge in [0.15, 0.2) is 0 Å². The third kappa shape index (κ3) is 4.86. The second-order valence-corrected chi connectivity index (χ2v) is 5.56. The molecule has 1 aliphatic rings. The molecule has 25 heavy (non-hydrogen) atoms. The minimum atomic E-state index is -2.73. The van der Waals surface area contributed by atoms with Crippen molar-refractivity contribution in [1.29, 1.82) is 0 Å². The van der Waals surface area contributed by atoms with Crippen LogP contribution in [-0.4, -0.2) is 39.0 Å².